The van der Waals surface area contributed by atoms with Gasteiger partial charge in [-0.1, -0.05) is 29.8 Å². The van der Waals surface area contributed by atoms with Gasteiger partial charge in [0.25, 0.3) is 0 Å². The summed E-state index contributed by atoms with van der Waals surface area (Å²) in [6, 6.07) is 3.53. The lowest BCUT2D eigenvalue weighted by atomic mass is 10.2. The Bertz CT molecular complexity index is 408. The second-order valence-corrected chi connectivity index (χ2v) is 4.40. The minimum atomic E-state index is 0.232. The Kier molecular flexibility index (Phi) is 5.62. The molecule has 0 aliphatic heterocycles. The van der Waals surface area contributed by atoms with Crippen molar-refractivity contribution in [3.8, 4) is 11.5 Å². The smallest absolute Gasteiger partial charge is 0.166 e. The normalized spacial score (nSPS) is 10.1. The van der Waals surface area contributed by atoms with E-state index < -0.39 is 0 Å². The molecular formula is C12H15Cl2NO2. The van der Waals surface area contributed by atoms with Crippen molar-refractivity contribution in [2.24, 2.45) is 0 Å². The zero-order valence-electron chi connectivity index (χ0n) is 9.85. The molecule has 0 spiro atoms. The molecule has 0 aliphatic rings. The van der Waals surface area contributed by atoms with Crippen LogP contribution >= 0.6 is 23.2 Å². The number of hydrogen-bond donors (Lipinski definition) is 1. The third-order valence-corrected chi connectivity index (χ3v) is 2.38. The van der Waals surface area contributed by atoms with E-state index >= 15 is 0 Å². The van der Waals surface area contributed by atoms with E-state index in [0.717, 1.165) is 5.56 Å². The molecule has 3 nitrogen and oxygen atoms in total. The Labute approximate surface area is 111 Å². The molecule has 1 aromatic rings. The van der Waals surface area contributed by atoms with Crippen molar-refractivity contribution in [1.82, 2.24) is 5.32 Å². The second kappa shape index (κ2) is 6.74. The lowest BCUT2D eigenvalue weighted by Crippen LogP contribution is -2.09. The maximum absolute atomic E-state index is 5.99. The number of ether oxygens (including phenoxy) is 2. The minimum Gasteiger partial charge on any atom is -0.493 e. The fraction of sp³-hybridized carbons (Fsp3) is 0.333. The summed E-state index contributed by atoms with van der Waals surface area (Å²) >= 11 is 11.7. The van der Waals surface area contributed by atoms with E-state index in [1.54, 1.807) is 13.2 Å². The first-order valence-corrected chi connectivity index (χ1v) is 5.81. The van der Waals surface area contributed by atoms with Crippen LogP contribution in [-0.4, -0.2) is 20.8 Å². The van der Waals surface area contributed by atoms with Gasteiger partial charge in [-0.3, -0.25) is 0 Å². The van der Waals surface area contributed by atoms with Crippen molar-refractivity contribution in [3.63, 3.8) is 0 Å². The van der Waals surface area contributed by atoms with Gasteiger partial charge in [-0.15, -0.1) is 0 Å². The summed E-state index contributed by atoms with van der Waals surface area (Å²) in [4.78, 5) is 0. The Hall–Kier alpha value is -0.900. The van der Waals surface area contributed by atoms with Crippen LogP contribution < -0.4 is 14.8 Å². The predicted molar refractivity (Wildman–Crippen MR) is 71.3 cm³/mol. The molecule has 1 aromatic carbocycles. The molecular weight excluding hydrogens is 261 g/mol. The largest absolute Gasteiger partial charge is 0.493 e. The van der Waals surface area contributed by atoms with Gasteiger partial charge in [-0.05, 0) is 13.1 Å². The molecule has 0 heterocycles. The highest BCUT2D eigenvalue weighted by Crippen LogP contribution is 2.35. The Balaban J connectivity index is 3.07. The molecule has 0 saturated carbocycles. The quantitative estimate of drug-likeness (QED) is 0.865. The Morgan fingerprint density at radius 3 is 2.71 bits per heavy atom. The number of benzene rings is 1. The van der Waals surface area contributed by atoms with Gasteiger partial charge in [0.1, 0.15) is 6.61 Å². The summed E-state index contributed by atoms with van der Waals surface area (Å²) in [6.07, 6.45) is 0. The maximum atomic E-state index is 5.99. The number of methoxy groups -OCH3 is 1. The molecule has 1 N–H and O–H groups in total. The van der Waals surface area contributed by atoms with Crippen molar-refractivity contribution in [2.45, 2.75) is 6.54 Å². The van der Waals surface area contributed by atoms with Crippen molar-refractivity contribution >= 4 is 23.2 Å². The van der Waals surface area contributed by atoms with Gasteiger partial charge in [-0.2, -0.15) is 0 Å². The standard InChI is InChI=1S/C12H15Cl2NO2/c1-8(13)7-17-12-9(6-15-2)4-10(14)5-11(12)16-3/h4-5,15H,1,6-7H2,2-3H3. The highest BCUT2D eigenvalue weighted by atomic mass is 35.5. The maximum Gasteiger partial charge on any atom is 0.166 e. The van der Waals surface area contributed by atoms with Gasteiger partial charge in [0.2, 0.25) is 0 Å². The van der Waals surface area contributed by atoms with Crippen LogP contribution in [0, 0.1) is 0 Å². The van der Waals surface area contributed by atoms with Crippen molar-refractivity contribution < 1.29 is 9.47 Å². The second-order valence-electron chi connectivity index (χ2n) is 3.43. The van der Waals surface area contributed by atoms with Gasteiger partial charge in [0.15, 0.2) is 11.5 Å². The zero-order valence-corrected chi connectivity index (χ0v) is 11.4. The summed E-state index contributed by atoms with van der Waals surface area (Å²) in [5.74, 6) is 1.22. The van der Waals surface area contributed by atoms with Gasteiger partial charge in [-0.25, -0.2) is 0 Å². The number of halogens is 2. The third-order valence-electron chi connectivity index (χ3n) is 2.06. The summed E-state index contributed by atoms with van der Waals surface area (Å²) in [5.41, 5.74) is 0.912. The summed E-state index contributed by atoms with van der Waals surface area (Å²) in [6.45, 7) is 4.44. The lowest BCUT2D eigenvalue weighted by molar-refractivity contribution is 0.320. The molecule has 0 radical (unpaired) electrons. The molecule has 0 fully saturated rings. The topological polar surface area (TPSA) is 30.5 Å². The zero-order chi connectivity index (χ0) is 12.8. The fourth-order valence-corrected chi connectivity index (χ4v) is 1.70. The van der Waals surface area contributed by atoms with Gasteiger partial charge >= 0.3 is 0 Å². The van der Waals surface area contributed by atoms with E-state index in [9.17, 15) is 0 Å². The average Bonchev–Trinajstić information content (AvgIpc) is 2.27. The van der Waals surface area contributed by atoms with Crippen LogP contribution in [0.25, 0.3) is 0 Å². The first-order valence-electron chi connectivity index (χ1n) is 5.05. The van der Waals surface area contributed by atoms with Crippen LogP contribution in [0.15, 0.2) is 23.7 Å². The van der Waals surface area contributed by atoms with Crippen LogP contribution in [0.2, 0.25) is 5.02 Å². The summed E-state index contributed by atoms with van der Waals surface area (Å²) in [7, 11) is 3.41. The van der Waals surface area contributed by atoms with E-state index in [0.29, 0.717) is 28.1 Å². The van der Waals surface area contributed by atoms with Gasteiger partial charge < -0.3 is 14.8 Å². The monoisotopic (exact) mass is 275 g/mol. The number of nitrogens with one attached hydrogen (secondary N) is 1. The lowest BCUT2D eigenvalue weighted by Gasteiger charge is -2.15. The first kappa shape index (κ1) is 14.2. The third kappa shape index (κ3) is 4.11. The molecule has 0 aromatic heterocycles. The van der Waals surface area contributed by atoms with Crippen molar-refractivity contribution in [3.05, 3.63) is 34.3 Å². The van der Waals surface area contributed by atoms with E-state index in [4.69, 9.17) is 32.7 Å². The molecule has 0 unspecified atom stereocenters. The highest BCUT2D eigenvalue weighted by Gasteiger charge is 2.12. The molecule has 0 bridgehead atoms. The van der Waals surface area contributed by atoms with Crippen LogP contribution in [0.3, 0.4) is 0 Å². The molecule has 5 heteroatoms. The SMILES string of the molecule is C=C(Cl)COc1c(CNC)cc(Cl)cc1OC. The molecule has 94 valence electrons. The molecule has 1 rings (SSSR count). The number of hydrogen-bond acceptors (Lipinski definition) is 3. The van der Waals surface area contributed by atoms with Crippen LogP contribution in [-0.2, 0) is 6.54 Å². The summed E-state index contributed by atoms with van der Waals surface area (Å²) in [5, 5.41) is 4.07. The Morgan fingerprint density at radius 2 is 2.18 bits per heavy atom. The van der Waals surface area contributed by atoms with Crippen LogP contribution in [0.5, 0.6) is 11.5 Å². The van der Waals surface area contributed by atoms with Gasteiger partial charge in [0.05, 0.1) is 7.11 Å². The van der Waals surface area contributed by atoms with Gasteiger partial charge in [0, 0.05) is 28.2 Å². The first-order chi connectivity index (χ1) is 8.08. The number of rotatable bonds is 6. The molecule has 17 heavy (non-hydrogen) atoms. The van der Waals surface area contributed by atoms with Crippen molar-refractivity contribution in [1.29, 1.82) is 0 Å². The van der Waals surface area contributed by atoms with Crippen LogP contribution in [0.4, 0.5) is 0 Å². The van der Waals surface area contributed by atoms with E-state index in [-0.39, 0.29) is 6.61 Å². The van der Waals surface area contributed by atoms with E-state index in [2.05, 4.69) is 11.9 Å². The van der Waals surface area contributed by atoms with E-state index in [1.165, 1.54) is 0 Å². The minimum absolute atomic E-state index is 0.232. The molecule has 0 aliphatic carbocycles. The molecule has 0 atom stereocenters. The highest BCUT2D eigenvalue weighted by molar-refractivity contribution is 6.31. The van der Waals surface area contributed by atoms with Crippen molar-refractivity contribution in [2.75, 3.05) is 20.8 Å². The molecule has 0 amide bonds. The average molecular weight is 276 g/mol. The van der Waals surface area contributed by atoms with Crippen LogP contribution in [0.1, 0.15) is 5.56 Å². The fourth-order valence-electron chi connectivity index (χ4n) is 1.41. The Morgan fingerprint density at radius 1 is 1.47 bits per heavy atom. The summed E-state index contributed by atoms with van der Waals surface area (Å²) < 4.78 is 10.8. The molecule has 0 saturated heterocycles. The predicted octanol–water partition coefficient (Wildman–Crippen LogP) is 3.20. The van der Waals surface area contributed by atoms with E-state index in [1.807, 2.05) is 13.1 Å².